The van der Waals surface area contributed by atoms with Crippen LogP contribution in [0.1, 0.15) is 42.1 Å². The molecule has 55 heavy (non-hydrogen) atoms. The number of benzene rings is 4. The Kier molecular flexibility index (Phi) is 12.0. The van der Waals surface area contributed by atoms with Gasteiger partial charge in [-0.05, 0) is 48.0 Å². The first-order valence-electron chi connectivity index (χ1n) is 18.5. The molecule has 0 saturated carbocycles. The zero-order valence-electron chi connectivity index (χ0n) is 31.7. The average molecular weight is 775 g/mol. The summed E-state index contributed by atoms with van der Waals surface area (Å²) in [5.74, 6) is -2.33. The molecule has 2 fully saturated rings. The van der Waals surface area contributed by atoms with Crippen molar-refractivity contribution in [2.24, 2.45) is 5.92 Å². The van der Waals surface area contributed by atoms with Crippen LogP contribution in [-0.2, 0) is 34.9 Å². The van der Waals surface area contributed by atoms with E-state index in [1.165, 1.54) is 15.9 Å². The number of esters is 1. The van der Waals surface area contributed by atoms with Crippen molar-refractivity contribution in [3.05, 3.63) is 139 Å². The van der Waals surface area contributed by atoms with Crippen molar-refractivity contribution < 1.29 is 33.1 Å². The van der Waals surface area contributed by atoms with Gasteiger partial charge in [0.1, 0.15) is 12.0 Å². The molecule has 0 bridgehead atoms. The van der Waals surface area contributed by atoms with Gasteiger partial charge in [-0.15, -0.1) is 0 Å². The monoisotopic (exact) mass is 774 g/mol. The number of likely N-dealkylation sites (tertiary alicyclic amines) is 2. The normalized spacial score (nSPS) is 17.8. The Balaban J connectivity index is 1.53. The van der Waals surface area contributed by atoms with Gasteiger partial charge in [-0.3, -0.25) is 24.1 Å². The van der Waals surface area contributed by atoms with Crippen LogP contribution in [0.5, 0.6) is 0 Å². The van der Waals surface area contributed by atoms with Crippen LogP contribution in [0.15, 0.2) is 128 Å². The van der Waals surface area contributed by atoms with E-state index in [0.29, 0.717) is 5.56 Å². The number of β-lactam (4-membered cyclic amide) rings is 1. The Morgan fingerprint density at radius 3 is 1.75 bits per heavy atom. The van der Waals surface area contributed by atoms with Gasteiger partial charge in [-0.2, -0.15) is 0 Å². The number of hydrogen-bond acceptors (Lipinski definition) is 7. The first-order chi connectivity index (χ1) is 26.4. The zero-order valence-corrected chi connectivity index (χ0v) is 33.6. The molecule has 0 unspecified atom stereocenters. The van der Waals surface area contributed by atoms with Gasteiger partial charge in [-0.1, -0.05) is 128 Å². The van der Waals surface area contributed by atoms with Crippen molar-refractivity contribution in [2.75, 3.05) is 6.61 Å². The number of hydrogen-bond donors (Lipinski definition) is 0. The molecule has 2 saturated heterocycles. The van der Waals surface area contributed by atoms with Gasteiger partial charge in [0.25, 0.3) is 0 Å². The fourth-order valence-corrected chi connectivity index (χ4v) is 13.3. The number of ketones is 1. The highest BCUT2D eigenvalue weighted by Crippen LogP contribution is 2.50. The molecule has 4 aromatic rings. The number of ether oxygens (including phenoxy) is 1. The fourth-order valence-electron chi connectivity index (χ4n) is 7.64. The van der Waals surface area contributed by atoms with Gasteiger partial charge in [0.2, 0.25) is 17.7 Å². The fraction of sp³-hybridized carbons (Fsp3) is 0.273. The average Bonchev–Trinajstić information content (AvgIpc) is 3.49. The van der Waals surface area contributed by atoms with Gasteiger partial charge in [0.15, 0.2) is 14.1 Å². The number of amides is 3. The van der Waals surface area contributed by atoms with E-state index in [9.17, 15) is 24.0 Å². The number of nitrogens with zero attached hydrogens (tertiary/aromatic N) is 2. The van der Waals surface area contributed by atoms with Crippen molar-refractivity contribution >= 4 is 66.0 Å². The zero-order chi connectivity index (χ0) is 39.3. The number of rotatable bonds is 15. The molecule has 2 aliphatic rings. The summed E-state index contributed by atoms with van der Waals surface area (Å²) in [7, 11) is -2.15. The van der Waals surface area contributed by atoms with Gasteiger partial charge >= 0.3 is 5.97 Å². The molecule has 11 heteroatoms. The molecule has 284 valence electrons. The summed E-state index contributed by atoms with van der Waals surface area (Å²) in [5, 5.41) is 2.53. The minimum absolute atomic E-state index is 0.0775. The topological polar surface area (TPSA) is 110 Å². The standard InChI is InChI=1S/C44H47N2O7PSi/c1-6-28-52-44(51)43(54(34-16-10-7-11-17-34,35-18-12-8-13-19-35)36-20-14-9-15-21-36)46-37(41(42(46)50)31(2)53-55(3,4)5)29-38(47)33-24-22-32(23-25-33)30-45-39(48)26-27-40(45)49/h6-25,31,37,41H,1,26-30H2,2-5H3/t31-,37-,41-/m1/s1. The van der Waals surface area contributed by atoms with Crippen LogP contribution in [0.2, 0.25) is 19.6 Å². The molecule has 3 atom stereocenters. The number of carbonyl (C=O) groups is 5. The Hall–Kier alpha value is -5.15. The van der Waals surface area contributed by atoms with Crippen LogP contribution in [-0.4, -0.2) is 71.8 Å². The van der Waals surface area contributed by atoms with E-state index < -0.39 is 39.2 Å². The van der Waals surface area contributed by atoms with Crippen LogP contribution < -0.4 is 15.9 Å². The molecule has 2 aliphatic heterocycles. The van der Waals surface area contributed by atoms with Gasteiger partial charge in [0, 0.05) is 31.7 Å². The van der Waals surface area contributed by atoms with E-state index in [1.807, 2.05) is 97.9 Å². The quantitative estimate of drug-likeness (QED) is 0.0285. The third kappa shape index (κ3) is 8.13. The molecule has 3 amide bonds. The molecule has 0 aliphatic carbocycles. The van der Waals surface area contributed by atoms with Crippen LogP contribution in [0.4, 0.5) is 0 Å². The molecular formula is C44H47N2O7PSi. The van der Waals surface area contributed by atoms with E-state index in [1.54, 1.807) is 24.3 Å². The van der Waals surface area contributed by atoms with Crippen molar-refractivity contribution in [1.82, 2.24) is 9.80 Å². The predicted octanol–water partition coefficient (Wildman–Crippen LogP) is 5.83. The maximum absolute atomic E-state index is 14.9. The molecule has 0 N–H and O–H groups in total. The van der Waals surface area contributed by atoms with Gasteiger partial charge in [-0.25, -0.2) is 4.79 Å². The number of imide groups is 1. The van der Waals surface area contributed by atoms with Crippen molar-refractivity contribution in [2.45, 2.75) is 64.5 Å². The maximum atomic E-state index is 14.9. The Labute approximate surface area is 324 Å². The molecule has 0 radical (unpaired) electrons. The minimum atomic E-state index is -3.19. The van der Waals surface area contributed by atoms with Crippen LogP contribution in [0, 0.1) is 5.92 Å². The molecule has 2 heterocycles. The van der Waals surface area contributed by atoms with Crippen LogP contribution >= 0.6 is 6.89 Å². The van der Waals surface area contributed by atoms with E-state index in [0.717, 1.165) is 21.5 Å². The first kappa shape index (κ1) is 39.5. The third-order valence-electron chi connectivity index (χ3n) is 9.97. The number of carbonyl (C=O) groups excluding carboxylic acids is 5. The number of Topliss-reactive ketones (excluding diaryl/α,β-unsaturated/α-hetero) is 1. The van der Waals surface area contributed by atoms with E-state index in [4.69, 9.17) is 9.16 Å². The summed E-state index contributed by atoms with van der Waals surface area (Å²) in [5.41, 5.74) is 1.32. The van der Waals surface area contributed by atoms with Crippen molar-refractivity contribution in [3.63, 3.8) is 0 Å². The summed E-state index contributed by atoms with van der Waals surface area (Å²) in [6.45, 7) is 8.67. The Morgan fingerprint density at radius 1 is 0.800 bits per heavy atom. The van der Waals surface area contributed by atoms with Crippen LogP contribution in [0.25, 0.3) is 0 Å². The smallest absolute Gasteiger partial charge is 0.356 e. The van der Waals surface area contributed by atoms with E-state index in [-0.39, 0.29) is 61.3 Å². The van der Waals surface area contributed by atoms with Gasteiger partial charge in [0.05, 0.1) is 24.6 Å². The molecule has 4 aromatic carbocycles. The van der Waals surface area contributed by atoms with E-state index >= 15 is 0 Å². The lowest BCUT2D eigenvalue weighted by atomic mass is 9.79. The van der Waals surface area contributed by atoms with Crippen LogP contribution in [0.3, 0.4) is 0 Å². The summed E-state index contributed by atoms with van der Waals surface area (Å²) < 4.78 is 12.4. The van der Waals surface area contributed by atoms with Gasteiger partial charge < -0.3 is 14.1 Å². The third-order valence-corrected chi connectivity index (χ3v) is 15.3. The summed E-state index contributed by atoms with van der Waals surface area (Å²) in [6, 6.07) is 35.3. The summed E-state index contributed by atoms with van der Waals surface area (Å²) in [6.07, 6.45) is 1.28. The van der Waals surface area contributed by atoms with Crippen molar-refractivity contribution in [1.29, 1.82) is 0 Å². The predicted molar refractivity (Wildman–Crippen MR) is 220 cm³/mol. The highest BCUT2D eigenvalue weighted by molar-refractivity contribution is 7.96. The lowest BCUT2D eigenvalue weighted by Gasteiger charge is -2.52. The maximum Gasteiger partial charge on any atom is 0.356 e. The SMILES string of the molecule is C=CCOC(=O)C(N1C(=O)[C@H]([C@@H](C)O[Si](C)(C)C)[C@H]1CC(=O)c1ccc(CN2C(=O)CCC2=O)cc1)=P(c1ccccc1)(c1ccccc1)c1ccccc1. The molecule has 6 rings (SSSR count). The molecule has 0 spiro atoms. The summed E-state index contributed by atoms with van der Waals surface area (Å²) >= 11 is 0. The lowest BCUT2D eigenvalue weighted by Crippen LogP contribution is -2.69. The first-order valence-corrected chi connectivity index (χ1v) is 23.7. The summed E-state index contributed by atoms with van der Waals surface area (Å²) in [4.78, 5) is 71.3. The highest BCUT2D eigenvalue weighted by atomic mass is 31.2. The second-order valence-corrected chi connectivity index (χ2v) is 22.6. The second kappa shape index (κ2) is 16.7. The van der Waals surface area contributed by atoms with Crippen molar-refractivity contribution in [3.8, 4) is 0 Å². The molecule has 9 nitrogen and oxygen atoms in total. The van der Waals surface area contributed by atoms with E-state index in [2.05, 4.69) is 26.2 Å². The molecular weight excluding hydrogens is 728 g/mol. The highest BCUT2D eigenvalue weighted by Gasteiger charge is 2.56. The Bertz CT molecular complexity index is 2010. The largest absolute Gasteiger partial charge is 0.457 e. The molecule has 0 aromatic heterocycles. The Morgan fingerprint density at radius 2 is 1.29 bits per heavy atom. The minimum Gasteiger partial charge on any atom is -0.457 e. The second-order valence-electron chi connectivity index (χ2n) is 14.8. The lowest BCUT2D eigenvalue weighted by molar-refractivity contribution is -0.156.